The van der Waals surface area contributed by atoms with Crippen LogP contribution in [-0.2, 0) is 16.6 Å². The first-order chi connectivity index (χ1) is 13.6. The molecule has 0 unspecified atom stereocenters. The van der Waals surface area contributed by atoms with Crippen molar-refractivity contribution < 1.29 is 13.7 Å². The molecule has 1 N–H and O–H groups in total. The zero-order valence-corrected chi connectivity index (χ0v) is 17.4. The number of hydrogen-bond acceptors (Lipinski definition) is 4. The summed E-state index contributed by atoms with van der Waals surface area (Å²) in [6.45, 7) is 0. The predicted molar refractivity (Wildman–Crippen MR) is 117 cm³/mol. The predicted octanol–water partition coefficient (Wildman–Crippen LogP) is 5.35. The second-order valence-electron chi connectivity index (χ2n) is 7.13. The SMILES string of the molecule is C[S@](=O)Cc1c(C(=O)Nc2cccc(OC3CCCC3)c2)sc2ccccc12. The lowest BCUT2D eigenvalue weighted by Gasteiger charge is -2.14. The number of nitrogens with one attached hydrogen (secondary N) is 1. The molecular formula is C22H23NO3S2. The number of thiophene rings is 1. The van der Waals surface area contributed by atoms with E-state index in [-0.39, 0.29) is 12.0 Å². The Hall–Kier alpha value is -2.18. The number of carbonyl (C=O) groups excluding carboxylic acids is 1. The maximum atomic E-state index is 13.0. The first-order valence-electron chi connectivity index (χ1n) is 9.48. The average molecular weight is 414 g/mol. The third kappa shape index (κ3) is 4.28. The van der Waals surface area contributed by atoms with E-state index in [4.69, 9.17) is 4.74 Å². The van der Waals surface area contributed by atoms with Crippen LogP contribution in [0.2, 0.25) is 0 Å². The van der Waals surface area contributed by atoms with Crippen molar-refractivity contribution in [2.75, 3.05) is 11.6 Å². The van der Waals surface area contributed by atoms with Gasteiger partial charge in [-0.05, 0) is 54.8 Å². The van der Waals surface area contributed by atoms with Crippen molar-refractivity contribution in [2.24, 2.45) is 0 Å². The van der Waals surface area contributed by atoms with Gasteiger partial charge in [0.1, 0.15) is 5.75 Å². The fourth-order valence-electron chi connectivity index (χ4n) is 3.66. The summed E-state index contributed by atoms with van der Waals surface area (Å²) in [7, 11) is -1.02. The van der Waals surface area contributed by atoms with Crippen LogP contribution in [0.25, 0.3) is 10.1 Å². The van der Waals surface area contributed by atoms with Crippen LogP contribution in [0, 0.1) is 0 Å². The number of ether oxygens (including phenoxy) is 1. The van der Waals surface area contributed by atoms with Gasteiger partial charge in [-0.1, -0.05) is 24.3 Å². The molecule has 1 heterocycles. The Balaban J connectivity index is 1.57. The molecule has 4 nitrogen and oxygen atoms in total. The minimum absolute atomic E-state index is 0.167. The van der Waals surface area contributed by atoms with Crippen molar-refractivity contribution in [1.29, 1.82) is 0 Å². The lowest BCUT2D eigenvalue weighted by molar-refractivity contribution is 0.103. The zero-order chi connectivity index (χ0) is 19.5. The molecule has 1 fully saturated rings. The molecule has 6 heteroatoms. The van der Waals surface area contributed by atoms with Gasteiger partial charge in [-0.15, -0.1) is 11.3 Å². The largest absolute Gasteiger partial charge is 0.490 e. The Kier molecular flexibility index (Phi) is 5.78. The smallest absolute Gasteiger partial charge is 0.266 e. The Morgan fingerprint density at radius 3 is 2.75 bits per heavy atom. The summed E-state index contributed by atoms with van der Waals surface area (Å²) >= 11 is 1.45. The molecule has 28 heavy (non-hydrogen) atoms. The van der Waals surface area contributed by atoms with Crippen LogP contribution in [0.4, 0.5) is 5.69 Å². The molecule has 1 aliphatic carbocycles. The van der Waals surface area contributed by atoms with E-state index in [0.29, 0.717) is 16.3 Å². The quantitative estimate of drug-likeness (QED) is 0.592. The highest BCUT2D eigenvalue weighted by atomic mass is 32.2. The standard InChI is InChI=1S/C22H23NO3S2/c1-28(25)14-19-18-11-4-5-12-20(18)27-21(19)22(24)23-15-7-6-10-17(13-15)26-16-8-2-3-9-16/h4-7,10-13,16H,2-3,8-9,14H2,1H3,(H,23,24)/t28-/m0/s1. The van der Waals surface area contributed by atoms with Gasteiger partial charge in [0, 0.05) is 33.5 Å². The average Bonchev–Trinajstić information content (AvgIpc) is 3.30. The fraction of sp³-hybridized carbons (Fsp3) is 0.318. The highest BCUT2D eigenvalue weighted by Crippen LogP contribution is 2.33. The van der Waals surface area contributed by atoms with Crippen molar-refractivity contribution in [1.82, 2.24) is 0 Å². The molecule has 0 spiro atoms. The summed E-state index contributed by atoms with van der Waals surface area (Å²) in [6, 6.07) is 15.5. The maximum Gasteiger partial charge on any atom is 0.266 e. The van der Waals surface area contributed by atoms with E-state index in [1.807, 2.05) is 48.5 Å². The first-order valence-corrected chi connectivity index (χ1v) is 12.0. The number of fused-ring (bicyclic) bond motifs is 1. The molecule has 1 atom stereocenters. The highest BCUT2D eigenvalue weighted by molar-refractivity contribution is 7.83. The molecule has 0 bridgehead atoms. The van der Waals surface area contributed by atoms with E-state index in [2.05, 4.69) is 5.32 Å². The molecule has 1 saturated carbocycles. The molecule has 1 amide bonds. The number of amides is 1. The third-order valence-electron chi connectivity index (χ3n) is 4.95. The molecule has 0 aliphatic heterocycles. The summed E-state index contributed by atoms with van der Waals surface area (Å²) in [5, 5.41) is 4.00. The second kappa shape index (κ2) is 8.45. The summed E-state index contributed by atoms with van der Waals surface area (Å²) in [5.41, 5.74) is 1.57. The number of anilines is 1. The van der Waals surface area contributed by atoms with Gasteiger partial charge in [0.25, 0.3) is 5.91 Å². The van der Waals surface area contributed by atoms with Gasteiger partial charge in [0.2, 0.25) is 0 Å². The number of rotatable bonds is 6. The fourth-order valence-corrected chi connectivity index (χ4v) is 5.58. The summed E-state index contributed by atoms with van der Waals surface area (Å²) in [6.07, 6.45) is 6.56. The van der Waals surface area contributed by atoms with Gasteiger partial charge in [0.15, 0.2) is 0 Å². The maximum absolute atomic E-state index is 13.0. The Labute approximate surface area is 171 Å². The Morgan fingerprint density at radius 1 is 1.18 bits per heavy atom. The third-order valence-corrected chi connectivity index (χ3v) is 6.86. The van der Waals surface area contributed by atoms with E-state index < -0.39 is 10.8 Å². The number of benzene rings is 2. The van der Waals surface area contributed by atoms with Gasteiger partial charge in [-0.2, -0.15) is 0 Å². The molecule has 3 aromatic rings. The van der Waals surface area contributed by atoms with Gasteiger partial charge in [-0.3, -0.25) is 9.00 Å². The normalized spacial score (nSPS) is 15.6. The van der Waals surface area contributed by atoms with Crippen LogP contribution in [0.1, 0.15) is 40.9 Å². The topological polar surface area (TPSA) is 55.4 Å². The molecule has 1 aromatic heterocycles. The number of hydrogen-bond donors (Lipinski definition) is 1. The highest BCUT2D eigenvalue weighted by Gasteiger charge is 2.20. The summed E-state index contributed by atoms with van der Waals surface area (Å²) in [4.78, 5) is 13.6. The van der Waals surface area contributed by atoms with Crippen molar-refractivity contribution in [3.63, 3.8) is 0 Å². The monoisotopic (exact) mass is 413 g/mol. The molecule has 0 radical (unpaired) electrons. The second-order valence-corrected chi connectivity index (χ2v) is 9.62. The van der Waals surface area contributed by atoms with E-state index in [1.165, 1.54) is 24.2 Å². The van der Waals surface area contributed by atoms with Crippen molar-refractivity contribution in [2.45, 2.75) is 37.5 Å². The van der Waals surface area contributed by atoms with Gasteiger partial charge in [0.05, 0.1) is 16.7 Å². The van der Waals surface area contributed by atoms with E-state index >= 15 is 0 Å². The van der Waals surface area contributed by atoms with Crippen molar-refractivity contribution in [3.8, 4) is 5.75 Å². The van der Waals surface area contributed by atoms with Crippen LogP contribution >= 0.6 is 11.3 Å². The van der Waals surface area contributed by atoms with Crippen LogP contribution in [0.3, 0.4) is 0 Å². The van der Waals surface area contributed by atoms with E-state index in [0.717, 1.165) is 34.2 Å². The van der Waals surface area contributed by atoms with Crippen LogP contribution in [0.5, 0.6) is 5.75 Å². The van der Waals surface area contributed by atoms with Crippen molar-refractivity contribution in [3.05, 3.63) is 59.0 Å². The minimum Gasteiger partial charge on any atom is -0.490 e. The van der Waals surface area contributed by atoms with E-state index in [1.54, 1.807) is 6.26 Å². The van der Waals surface area contributed by atoms with Gasteiger partial charge >= 0.3 is 0 Å². The molecule has 4 rings (SSSR count). The Bertz CT molecular complexity index is 1020. The molecular weight excluding hydrogens is 390 g/mol. The molecule has 2 aromatic carbocycles. The van der Waals surface area contributed by atoms with Gasteiger partial charge in [-0.25, -0.2) is 0 Å². The molecule has 146 valence electrons. The van der Waals surface area contributed by atoms with Crippen molar-refractivity contribution >= 4 is 43.8 Å². The van der Waals surface area contributed by atoms with E-state index in [9.17, 15) is 9.00 Å². The lowest BCUT2D eigenvalue weighted by Crippen LogP contribution is -2.14. The first kappa shape index (κ1) is 19.2. The van der Waals surface area contributed by atoms with Gasteiger partial charge < -0.3 is 10.1 Å². The minimum atomic E-state index is -1.02. The molecule has 1 aliphatic rings. The van der Waals surface area contributed by atoms with Crippen LogP contribution in [0.15, 0.2) is 48.5 Å². The zero-order valence-electron chi connectivity index (χ0n) is 15.8. The van der Waals surface area contributed by atoms with Crippen LogP contribution < -0.4 is 10.1 Å². The number of carbonyl (C=O) groups is 1. The van der Waals surface area contributed by atoms with Crippen LogP contribution in [-0.4, -0.2) is 22.5 Å². The lowest BCUT2D eigenvalue weighted by atomic mass is 10.1. The Morgan fingerprint density at radius 2 is 1.96 bits per heavy atom. The summed E-state index contributed by atoms with van der Waals surface area (Å²) < 4.78 is 18.9. The summed E-state index contributed by atoms with van der Waals surface area (Å²) in [5.74, 6) is 0.994. The molecule has 0 saturated heterocycles.